The van der Waals surface area contributed by atoms with Crippen LogP contribution in [0.5, 0.6) is 5.75 Å². The second kappa shape index (κ2) is 15.8. The summed E-state index contributed by atoms with van der Waals surface area (Å²) >= 11 is 13.8. The van der Waals surface area contributed by atoms with Gasteiger partial charge >= 0.3 is 5.97 Å². The average molecular weight is 820 g/mol. The van der Waals surface area contributed by atoms with E-state index in [1.807, 2.05) is 16.5 Å². The molecule has 8 rings (SSSR count). The molecule has 1 atom stereocenters. The Balaban J connectivity index is 0.949. The SMILES string of the molecule is COc1cc(/C(F)=C/c2cccc(-c3cccc(NC(=O)c4nc5c(n4C)CCN(CCC46CCC(C(=O)O)(CC4)C6)C5)c3Cl)c2Cl)ncc1CN1CC[C@@H](F)C1. The number of carboxylic acids is 1. The molecule has 0 radical (unpaired) electrons. The van der Waals surface area contributed by atoms with Crippen molar-refractivity contribution in [2.75, 3.05) is 38.6 Å². The van der Waals surface area contributed by atoms with Gasteiger partial charge in [0.1, 0.15) is 23.4 Å². The number of nitrogens with one attached hydrogen (secondary N) is 1. The summed E-state index contributed by atoms with van der Waals surface area (Å²) < 4.78 is 36.8. The van der Waals surface area contributed by atoms with Gasteiger partial charge < -0.3 is 19.7 Å². The van der Waals surface area contributed by atoms with Crippen LogP contribution in [0.2, 0.25) is 10.0 Å². The number of aliphatic carboxylic acids is 1. The van der Waals surface area contributed by atoms with Gasteiger partial charge in [-0.25, -0.2) is 13.8 Å². The maximum absolute atomic E-state index is 15.7. The lowest BCUT2D eigenvalue weighted by molar-refractivity contribution is -0.148. The number of carboxylic acid groups (broad SMARTS) is 1. The summed E-state index contributed by atoms with van der Waals surface area (Å²) in [4.78, 5) is 39.1. The van der Waals surface area contributed by atoms with E-state index in [0.29, 0.717) is 60.7 Å². The molecule has 0 unspecified atom stereocenters. The lowest BCUT2D eigenvalue weighted by Crippen LogP contribution is -2.34. The van der Waals surface area contributed by atoms with Crippen LogP contribution in [0.1, 0.15) is 83.8 Å². The average Bonchev–Trinajstić information content (AvgIpc) is 3.98. The number of likely N-dealkylation sites (tertiary alicyclic amines) is 1. The summed E-state index contributed by atoms with van der Waals surface area (Å²) in [5.74, 6) is -0.913. The summed E-state index contributed by atoms with van der Waals surface area (Å²) in [7, 11) is 3.36. The predicted molar refractivity (Wildman–Crippen MR) is 217 cm³/mol. The molecule has 1 amide bonds. The molecule has 2 aliphatic heterocycles. The van der Waals surface area contributed by atoms with E-state index in [1.165, 1.54) is 19.3 Å². The first-order chi connectivity index (χ1) is 27.4. The van der Waals surface area contributed by atoms with Crippen molar-refractivity contribution in [3.63, 3.8) is 0 Å². The third-order valence-electron chi connectivity index (χ3n) is 12.8. The van der Waals surface area contributed by atoms with E-state index in [1.54, 1.807) is 42.6 Å². The van der Waals surface area contributed by atoms with E-state index in [0.717, 1.165) is 75.0 Å². The summed E-state index contributed by atoms with van der Waals surface area (Å²) in [6.45, 7) is 3.80. The van der Waals surface area contributed by atoms with Crippen LogP contribution in [-0.2, 0) is 31.4 Å². The molecule has 2 bridgehead atoms. The second-order valence-corrected chi connectivity index (χ2v) is 17.0. The van der Waals surface area contributed by atoms with Crippen LogP contribution in [-0.4, -0.2) is 80.8 Å². The molecule has 2 aliphatic carbocycles. The first kappa shape index (κ1) is 39.5. The fourth-order valence-electron chi connectivity index (χ4n) is 9.50. The summed E-state index contributed by atoms with van der Waals surface area (Å²) in [6.07, 6.45) is 8.55. The van der Waals surface area contributed by atoms with Crippen LogP contribution in [0, 0.1) is 10.8 Å². The maximum atomic E-state index is 15.7. The number of pyridine rings is 1. The van der Waals surface area contributed by atoms with Gasteiger partial charge in [-0.05, 0) is 74.6 Å². The number of ether oxygens (including phenoxy) is 1. The third-order valence-corrected chi connectivity index (χ3v) is 13.6. The number of anilines is 1. The minimum Gasteiger partial charge on any atom is -0.496 e. The summed E-state index contributed by atoms with van der Waals surface area (Å²) in [6, 6.07) is 12.0. The largest absolute Gasteiger partial charge is 0.496 e. The number of hydrogen-bond acceptors (Lipinski definition) is 7. The van der Waals surface area contributed by atoms with Gasteiger partial charge in [0.2, 0.25) is 0 Å². The molecule has 4 heterocycles. The minimum absolute atomic E-state index is 0.0688. The molecule has 2 aromatic carbocycles. The Hall–Kier alpha value is -4.36. The highest BCUT2D eigenvalue weighted by Gasteiger charge is 2.57. The van der Waals surface area contributed by atoms with Crippen molar-refractivity contribution in [1.82, 2.24) is 24.3 Å². The number of methoxy groups -OCH3 is 1. The fourth-order valence-corrected chi connectivity index (χ4v) is 10.1. The normalized spacial score (nSPS) is 23.5. The van der Waals surface area contributed by atoms with Crippen molar-refractivity contribution in [1.29, 1.82) is 0 Å². The van der Waals surface area contributed by atoms with Crippen LogP contribution in [0.3, 0.4) is 0 Å². The van der Waals surface area contributed by atoms with E-state index in [2.05, 4.69) is 15.2 Å². The van der Waals surface area contributed by atoms with E-state index >= 15 is 4.39 Å². The molecule has 2 saturated carbocycles. The molecule has 2 N–H and O–H groups in total. The van der Waals surface area contributed by atoms with Crippen molar-refractivity contribution in [2.24, 2.45) is 17.9 Å². The minimum atomic E-state index is -0.850. The highest BCUT2D eigenvalue weighted by Crippen LogP contribution is 2.63. The van der Waals surface area contributed by atoms with Gasteiger partial charge in [0.25, 0.3) is 5.91 Å². The number of hydrogen-bond donors (Lipinski definition) is 2. The Morgan fingerprint density at radius 2 is 1.82 bits per heavy atom. The second-order valence-electron chi connectivity index (χ2n) is 16.3. The molecule has 3 fully saturated rings. The first-order valence-electron chi connectivity index (χ1n) is 19.5. The number of nitrogens with zero attached hydrogens (tertiary/aromatic N) is 5. The predicted octanol–water partition coefficient (Wildman–Crippen LogP) is 8.84. The zero-order chi connectivity index (χ0) is 40.1. The van der Waals surface area contributed by atoms with Crippen LogP contribution < -0.4 is 10.1 Å². The van der Waals surface area contributed by atoms with Gasteiger partial charge in [-0.1, -0.05) is 53.5 Å². The topological polar surface area (TPSA) is 113 Å². The molecule has 14 heteroatoms. The molecular formula is C43H46Cl2F2N6O4. The van der Waals surface area contributed by atoms with Crippen molar-refractivity contribution in [2.45, 2.75) is 70.6 Å². The highest BCUT2D eigenvalue weighted by molar-refractivity contribution is 6.39. The zero-order valence-corrected chi connectivity index (χ0v) is 33.6. The molecule has 2 aromatic heterocycles. The molecule has 4 aliphatic rings. The van der Waals surface area contributed by atoms with Gasteiger partial charge in [-0.2, -0.15) is 0 Å². The highest BCUT2D eigenvalue weighted by atomic mass is 35.5. The van der Waals surface area contributed by atoms with Crippen molar-refractivity contribution < 1.29 is 28.2 Å². The van der Waals surface area contributed by atoms with Gasteiger partial charge in [-0.15, -0.1) is 0 Å². The Bertz CT molecular complexity index is 2250. The van der Waals surface area contributed by atoms with Crippen LogP contribution in [0.25, 0.3) is 23.0 Å². The Labute approximate surface area is 340 Å². The number of carbonyl (C=O) groups excluding carboxylic acids is 1. The molecule has 4 aromatic rings. The molecule has 300 valence electrons. The maximum Gasteiger partial charge on any atom is 0.309 e. The van der Waals surface area contributed by atoms with Crippen LogP contribution in [0.15, 0.2) is 48.7 Å². The van der Waals surface area contributed by atoms with E-state index in [4.69, 9.17) is 32.9 Å². The number of imidazole rings is 1. The lowest BCUT2D eigenvalue weighted by Gasteiger charge is -2.32. The van der Waals surface area contributed by atoms with E-state index in [-0.39, 0.29) is 27.0 Å². The number of alkyl halides is 1. The number of rotatable bonds is 12. The van der Waals surface area contributed by atoms with Gasteiger partial charge in [0, 0.05) is 80.8 Å². The smallest absolute Gasteiger partial charge is 0.309 e. The quantitative estimate of drug-likeness (QED) is 0.146. The van der Waals surface area contributed by atoms with Crippen molar-refractivity contribution >= 4 is 52.7 Å². The molecule has 0 spiro atoms. The molecule has 57 heavy (non-hydrogen) atoms. The number of aromatic nitrogens is 3. The molecule has 10 nitrogen and oxygen atoms in total. The van der Waals surface area contributed by atoms with Gasteiger partial charge in [-0.3, -0.25) is 24.4 Å². The summed E-state index contributed by atoms with van der Waals surface area (Å²) in [5.41, 5.74) is 4.19. The third kappa shape index (κ3) is 7.69. The fraction of sp³-hybridized carbons (Fsp3) is 0.442. The van der Waals surface area contributed by atoms with Crippen molar-refractivity contribution in [3.05, 3.63) is 92.7 Å². The standard InChI is InChI=1S/C43H46Cl2F2N6O4/c1-51-35-10-17-52(18-15-42-11-13-43(25-42,14-12-42)41(55)56)24-34(35)49-39(51)40(54)50-32-8-4-7-30(38(32)45)29-6-3-5-26(37(29)44)19-31(47)33-20-36(57-2)27(21-48-33)22-53-16-9-28(46)23-53/h3-8,19-21,28H,9-18,22-25H2,1-2H3,(H,50,54)(H,55,56)/b31-19-/t28-,42?,43?/m1/s1. The Morgan fingerprint density at radius 3 is 2.53 bits per heavy atom. The number of benzene rings is 2. The molecular weight excluding hydrogens is 773 g/mol. The monoisotopic (exact) mass is 818 g/mol. The first-order valence-corrected chi connectivity index (χ1v) is 20.3. The summed E-state index contributed by atoms with van der Waals surface area (Å²) in [5, 5.41) is 13.3. The van der Waals surface area contributed by atoms with Gasteiger partial charge in [0.15, 0.2) is 5.82 Å². The van der Waals surface area contributed by atoms with Crippen LogP contribution in [0.4, 0.5) is 14.5 Å². The van der Waals surface area contributed by atoms with E-state index < -0.39 is 29.3 Å². The number of carbonyl (C=O) groups is 2. The van der Waals surface area contributed by atoms with Crippen LogP contribution >= 0.6 is 23.2 Å². The van der Waals surface area contributed by atoms with Crippen molar-refractivity contribution in [3.8, 4) is 16.9 Å². The Morgan fingerprint density at radius 1 is 1.07 bits per heavy atom. The number of fused-ring (bicyclic) bond motifs is 3. The van der Waals surface area contributed by atoms with Gasteiger partial charge in [0.05, 0.1) is 34.0 Å². The molecule has 1 saturated heterocycles. The zero-order valence-electron chi connectivity index (χ0n) is 32.1. The number of amides is 1. The lowest BCUT2D eigenvalue weighted by atomic mass is 9.80. The number of halogens is 4. The van der Waals surface area contributed by atoms with E-state index in [9.17, 15) is 19.1 Å². The Kier molecular flexibility index (Phi) is 10.9.